The van der Waals surface area contributed by atoms with Crippen molar-refractivity contribution in [2.75, 3.05) is 34.0 Å². The highest BCUT2D eigenvalue weighted by atomic mass is 32.2. The second-order valence-electron chi connectivity index (χ2n) is 16.8. The van der Waals surface area contributed by atoms with E-state index in [9.17, 15) is 27.6 Å². The number of benzene rings is 1. The maximum atomic E-state index is 14.9. The number of fused-ring (bicyclic) bond motifs is 3. The van der Waals surface area contributed by atoms with Crippen molar-refractivity contribution < 1.29 is 46.5 Å². The Hall–Kier alpha value is -4.44. The minimum absolute atomic E-state index is 0.0898. The number of ether oxygens (including phenoxy) is 4. The lowest BCUT2D eigenvalue weighted by molar-refractivity contribution is -0.142. The van der Waals surface area contributed by atoms with Crippen LogP contribution in [0.2, 0.25) is 0 Å². The average Bonchev–Trinajstić information content (AvgIpc) is 4.02. The highest BCUT2D eigenvalue weighted by molar-refractivity contribution is 7.91. The van der Waals surface area contributed by atoms with Gasteiger partial charge in [0, 0.05) is 42.2 Å². The second kappa shape index (κ2) is 16.2. The van der Waals surface area contributed by atoms with E-state index in [1.54, 1.807) is 41.0 Å². The Kier molecular flexibility index (Phi) is 11.9. The molecule has 56 heavy (non-hydrogen) atoms. The summed E-state index contributed by atoms with van der Waals surface area (Å²) in [5, 5.41) is 7.26. The molecule has 6 rings (SSSR count). The average molecular weight is 798 g/mol. The summed E-state index contributed by atoms with van der Waals surface area (Å²) in [5.41, 5.74) is -2.36. The molecule has 2 aliphatic heterocycles. The molecule has 4 aliphatic rings. The zero-order valence-corrected chi connectivity index (χ0v) is 33.9. The number of sulfonamides is 1. The van der Waals surface area contributed by atoms with E-state index in [4.69, 9.17) is 18.9 Å². The van der Waals surface area contributed by atoms with E-state index in [-0.39, 0.29) is 38.5 Å². The van der Waals surface area contributed by atoms with Crippen molar-refractivity contribution in [2.24, 2.45) is 17.8 Å². The lowest BCUT2D eigenvalue weighted by atomic mass is 9.92. The fourth-order valence-corrected chi connectivity index (χ4v) is 9.01. The van der Waals surface area contributed by atoms with Gasteiger partial charge in [-0.3, -0.25) is 19.1 Å². The summed E-state index contributed by atoms with van der Waals surface area (Å²) in [6, 6.07) is 5.32. The van der Waals surface area contributed by atoms with Gasteiger partial charge < -0.3 is 34.5 Å². The number of hydrogen-bond acceptors (Lipinski definition) is 11. The quantitative estimate of drug-likeness (QED) is 0.295. The van der Waals surface area contributed by atoms with Crippen molar-refractivity contribution in [2.45, 2.75) is 107 Å². The molecule has 4 amide bonds. The van der Waals surface area contributed by atoms with Gasteiger partial charge in [-0.15, -0.1) is 0 Å². The number of allylic oxidation sites excluding steroid dienone is 1. The summed E-state index contributed by atoms with van der Waals surface area (Å²) >= 11 is 0. The molecule has 2 aromatic rings. The SMILES string of the molecule is COC[C@@H]1CCCC/C=C\[C@@H]2C[C@@]2(C(=O)NS(=O)(=O)C2(C)CC2)NC(=O)[C@@H]2C[C@@H](COc3ncc(OC)c4ccccc34)CN2C(=O)[C@H]1NC(=O)OC(C)(C)C. The summed E-state index contributed by atoms with van der Waals surface area (Å²) < 4.78 is 50.5. The van der Waals surface area contributed by atoms with E-state index in [2.05, 4.69) is 20.3 Å². The van der Waals surface area contributed by atoms with E-state index in [0.29, 0.717) is 43.7 Å². The molecule has 0 radical (unpaired) electrons. The van der Waals surface area contributed by atoms with E-state index in [1.165, 1.54) is 12.0 Å². The highest BCUT2D eigenvalue weighted by Crippen LogP contribution is 2.47. The molecule has 1 aromatic carbocycles. The number of rotatable bonds is 10. The molecule has 0 bridgehead atoms. The predicted molar refractivity (Wildman–Crippen MR) is 207 cm³/mol. The smallest absolute Gasteiger partial charge is 0.408 e. The van der Waals surface area contributed by atoms with Crippen molar-refractivity contribution in [3.63, 3.8) is 0 Å². The summed E-state index contributed by atoms with van der Waals surface area (Å²) in [4.78, 5) is 62.5. The van der Waals surface area contributed by atoms with Crippen LogP contribution in [0.25, 0.3) is 10.8 Å². The van der Waals surface area contributed by atoms with Gasteiger partial charge >= 0.3 is 6.09 Å². The Morgan fingerprint density at radius 2 is 1.80 bits per heavy atom. The largest absolute Gasteiger partial charge is 0.494 e. The molecule has 1 aromatic heterocycles. The minimum atomic E-state index is -4.00. The molecule has 16 heteroatoms. The standard InChI is InChI=1S/C40H55N5O10S/c1-38(2,3)55-37(49)42-32-26(24-52-5)13-9-7-8-10-14-27-20-40(27,36(48)44-56(50,51)39(4)17-18-39)43-33(46)30-19-25(22-45(30)35(32)47)23-54-34-29-16-12-11-15-28(29)31(53-6)21-41-34/h10-12,14-16,21,25-27,30,32H,7-9,13,17-20,22-24H2,1-6H3,(H,42,49)(H,43,46)(H,44,48)/b14-10-/t25-,26+,27-,30+,32+,40-/m1/s1. The van der Waals surface area contributed by atoms with Gasteiger partial charge in [0.05, 0.1) is 31.3 Å². The van der Waals surface area contributed by atoms with Crippen LogP contribution in [0.1, 0.15) is 79.1 Å². The zero-order chi connectivity index (χ0) is 40.5. The van der Waals surface area contributed by atoms with Crippen molar-refractivity contribution in [1.29, 1.82) is 0 Å². The van der Waals surface area contributed by atoms with Gasteiger partial charge in [-0.25, -0.2) is 18.2 Å². The molecule has 3 heterocycles. The van der Waals surface area contributed by atoms with Crippen molar-refractivity contribution >= 4 is 44.6 Å². The van der Waals surface area contributed by atoms with Crippen LogP contribution in [0.3, 0.4) is 0 Å². The predicted octanol–water partition coefficient (Wildman–Crippen LogP) is 4.00. The number of hydrogen-bond donors (Lipinski definition) is 3. The van der Waals surface area contributed by atoms with E-state index in [0.717, 1.165) is 17.2 Å². The Bertz CT molecular complexity index is 1960. The minimum Gasteiger partial charge on any atom is -0.494 e. The van der Waals surface area contributed by atoms with Gasteiger partial charge in [-0.05, 0) is 78.7 Å². The Balaban J connectivity index is 1.32. The van der Waals surface area contributed by atoms with Crippen molar-refractivity contribution in [1.82, 2.24) is 25.2 Å². The molecule has 6 atom stereocenters. The molecule has 2 aliphatic carbocycles. The molecule has 0 unspecified atom stereocenters. The number of carbonyl (C=O) groups excluding carboxylic acids is 4. The molecule has 1 saturated heterocycles. The van der Waals surface area contributed by atoms with Crippen LogP contribution < -0.4 is 24.8 Å². The number of carbonyl (C=O) groups is 4. The first-order valence-electron chi connectivity index (χ1n) is 19.4. The Morgan fingerprint density at radius 1 is 1.07 bits per heavy atom. The second-order valence-corrected chi connectivity index (χ2v) is 19.0. The van der Waals surface area contributed by atoms with Crippen LogP contribution >= 0.6 is 0 Å². The van der Waals surface area contributed by atoms with Crippen molar-refractivity contribution in [3.8, 4) is 11.6 Å². The fraction of sp³-hybridized carbons (Fsp3) is 0.625. The zero-order valence-electron chi connectivity index (χ0n) is 33.1. The molecule has 15 nitrogen and oxygen atoms in total. The Labute approximate surface area is 328 Å². The number of nitrogens with one attached hydrogen (secondary N) is 3. The highest BCUT2D eigenvalue weighted by Gasteiger charge is 2.63. The summed E-state index contributed by atoms with van der Waals surface area (Å²) in [7, 11) is -0.901. The number of alkyl carbamates (subject to hydrolysis) is 1. The first-order chi connectivity index (χ1) is 26.5. The van der Waals surface area contributed by atoms with Gasteiger partial charge in [0.2, 0.25) is 27.7 Å². The van der Waals surface area contributed by atoms with Gasteiger partial charge in [-0.2, -0.15) is 0 Å². The number of nitrogens with zero attached hydrogens (tertiary/aromatic N) is 2. The molecule has 0 spiro atoms. The lowest BCUT2D eigenvalue weighted by Gasteiger charge is -2.34. The number of aromatic nitrogens is 1. The molecular weight excluding hydrogens is 743 g/mol. The Morgan fingerprint density at radius 3 is 2.48 bits per heavy atom. The van der Waals surface area contributed by atoms with E-state index < -0.39 is 73.6 Å². The van der Waals surface area contributed by atoms with Gasteiger partial charge in [-0.1, -0.05) is 36.8 Å². The fourth-order valence-electron chi connectivity index (χ4n) is 7.70. The van der Waals surface area contributed by atoms with E-state index >= 15 is 0 Å². The van der Waals surface area contributed by atoms with Crippen LogP contribution in [0, 0.1) is 17.8 Å². The number of methoxy groups -OCH3 is 2. The molecular formula is C40H55N5O10S. The van der Waals surface area contributed by atoms with Crippen LogP contribution in [0.5, 0.6) is 11.6 Å². The maximum Gasteiger partial charge on any atom is 0.408 e. The maximum absolute atomic E-state index is 14.9. The third-order valence-corrected chi connectivity index (χ3v) is 13.5. The molecule has 2 saturated carbocycles. The first-order valence-corrected chi connectivity index (χ1v) is 20.9. The normalized spacial score (nSPS) is 28.4. The van der Waals surface area contributed by atoms with Gasteiger partial charge in [0.1, 0.15) is 29.0 Å². The molecule has 306 valence electrons. The summed E-state index contributed by atoms with van der Waals surface area (Å²) in [5.74, 6) is -2.23. The lowest BCUT2D eigenvalue weighted by Crippen LogP contribution is -2.60. The van der Waals surface area contributed by atoms with Crippen LogP contribution in [0.4, 0.5) is 4.79 Å². The monoisotopic (exact) mass is 797 g/mol. The van der Waals surface area contributed by atoms with Gasteiger partial charge in [0.25, 0.3) is 5.91 Å². The number of amides is 4. The molecule has 3 fully saturated rings. The van der Waals surface area contributed by atoms with Gasteiger partial charge in [0.15, 0.2) is 0 Å². The van der Waals surface area contributed by atoms with Crippen molar-refractivity contribution in [3.05, 3.63) is 42.6 Å². The summed E-state index contributed by atoms with van der Waals surface area (Å²) in [6.45, 7) is 7.11. The first kappa shape index (κ1) is 41.2. The van der Waals surface area contributed by atoms with E-state index in [1.807, 2.05) is 36.4 Å². The third-order valence-electron chi connectivity index (χ3n) is 11.3. The molecule has 3 N–H and O–H groups in total. The summed E-state index contributed by atoms with van der Waals surface area (Å²) in [6.07, 6.45) is 8.48. The van der Waals surface area contributed by atoms with Crippen LogP contribution in [0.15, 0.2) is 42.6 Å². The third kappa shape index (κ3) is 8.90. The topological polar surface area (TPSA) is 192 Å². The van der Waals surface area contributed by atoms with Crippen LogP contribution in [-0.4, -0.2) is 104 Å². The van der Waals surface area contributed by atoms with Crippen LogP contribution in [-0.2, 0) is 33.9 Å². The number of pyridine rings is 1.